The Morgan fingerprint density at radius 2 is 2.05 bits per heavy atom. The zero-order chi connectivity index (χ0) is 14.9. The van der Waals surface area contributed by atoms with Crippen LogP contribution in [0.5, 0.6) is 0 Å². The highest BCUT2D eigenvalue weighted by atomic mass is 79.9. The number of rotatable bonds is 3. The third-order valence-electron chi connectivity index (χ3n) is 2.80. The summed E-state index contributed by atoms with van der Waals surface area (Å²) in [4.78, 5) is 13.6. The number of carbonyl (C=O) groups excluding carboxylic acids is 1. The van der Waals surface area contributed by atoms with Gasteiger partial charge in [-0.15, -0.1) is 5.10 Å². The predicted octanol–water partition coefficient (Wildman–Crippen LogP) is 2.07. The van der Waals surface area contributed by atoms with Gasteiger partial charge in [0.1, 0.15) is 11.4 Å². The Hall–Kier alpha value is -2.02. The van der Waals surface area contributed by atoms with E-state index in [2.05, 4.69) is 21.0 Å². The largest absolute Gasteiger partial charge is 0.465 e. The molecule has 0 saturated heterocycles. The van der Waals surface area contributed by atoms with Gasteiger partial charge in [0.2, 0.25) is 0 Å². The Kier molecular flexibility index (Phi) is 3.99. The van der Waals surface area contributed by atoms with Crippen LogP contribution in [0.1, 0.15) is 10.4 Å². The van der Waals surface area contributed by atoms with Crippen molar-refractivity contribution in [3.63, 3.8) is 0 Å². The smallest absolute Gasteiger partial charge is 0.345 e. The topological polar surface area (TPSA) is 73.4 Å². The van der Waals surface area contributed by atoms with Crippen LogP contribution in [0, 0.1) is 0 Å². The van der Waals surface area contributed by atoms with Gasteiger partial charge in [-0.25, -0.2) is 9.48 Å². The number of esters is 1. The van der Waals surface area contributed by atoms with Crippen LogP contribution >= 0.6 is 15.9 Å². The molecule has 1 aromatic carbocycles. The molecular formula is C13H15BrN4O2. The van der Waals surface area contributed by atoms with E-state index in [0.29, 0.717) is 5.82 Å². The molecule has 1 heterocycles. The number of carbonyl (C=O) groups is 1. The number of nitrogen functional groups attached to an aromatic ring is 1. The van der Waals surface area contributed by atoms with Crippen molar-refractivity contribution in [2.75, 3.05) is 31.8 Å². The zero-order valence-electron chi connectivity index (χ0n) is 11.4. The number of aromatic nitrogens is 2. The number of hydrogen-bond acceptors (Lipinski definition) is 5. The second-order valence-corrected chi connectivity index (χ2v) is 5.19. The van der Waals surface area contributed by atoms with Gasteiger partial charge in [0.25, 0.3) is 0 Å². The fourth-order valence-electron chi connectivity index (χ4n) is 1.84. The van der Waals surface area contributed by atoms with Crippen molar-refractivity contribution in [3.05, 3.63) is 34.3 Å². The van der Waals surface area contributed by atoms with Gasteiger partial charge >= 0.3 is 5.97 Å². The number of ether oxygens (including phenoxy) is 1. The molecule has 106 valence electrons. The number of nitrogens with two attached hydrogens (primary N) is 1. The first-order chi connectivity index (χ1) is 9.47. The Bertz CT molecular complexity index is 652. The molecule has 0 aliphatic heterocycles. The van der Waals surface area contributed by atoms with Crippen molar-refractivity contribution in [2.45, 2.75) is 0 Å². The molecule has 0 spiro atoms. The van der Waals surface area contributed by atoms with Crippen molar-refractivity contribution in [1.82, 2.24) is 9.78 Å². The van der Waals surface area contributed by atoms with E-state index in [9.17, 15) is 4.79 Å². The summed E-state index contributed by atoms with van der Waals surface area (Å²) in [6, 6.07) is 7.49. The number of methoxy groups -OCH3 is 1. The molecule has 2 N–H and O–H groups in total. The van der Waals surface area contributed by atoms with Crippen molar-refractivity contribution in [1.29, 1.82) is 0 Å². The lowest BCUT2D eigenvalue weighted by Crippen LogP contribution is -2.14. The van der Waals surface area contributed by atoms with E-state index in [-0.39, 0.29) is 11.4 Å². The maximum absolute atomic E-state index is 11.9. The molecule has 0 aliphatic rings. The first-order valence-corrected chi connectivity index (χ1v) is 6.65. The van der Waals surface area contributed by atoms with Crippen molar-refractivity contribution in [2.24, 2.45) is 0 Å². The molecule has 0 fully saturated rings. The lowest BCUT2D eigenvalue weighted by Gasteiger charge is -2.09. The second-order valence-electron chi connectivity index (χ2n) is 4.33. The highest BCUT2D eigenvalue weighted by Gasteiger charge is 2.25. The Labute approximate surface area is 125 Å². The minimum absolute atomic E-state index is 0.243. The van der Waals surface area contributed by atoms with Gasteiger partial charge in [0, 0.05) is 18.6 Å². The predicted molar refractivity (Wildman–Crippen MR) is 81.3 cm³/mol. The van der Waals surface area contributed by atoms with E-state index in [1.54, 1.807) is 19.0 Å². The molecule has 2 aromatic rings. The van der Waals surface area contributed by atoms with Gasteiger partial charge in [-0.1, -0.05) is 12.1 Å². The highest BCUT2D eigenvalue weighted by Crippen LogP contribution is 2.30. The first kappa shape index (κ1) is 14.4. The number of benzene rings is 1. The van der Waals surface area contributed by atoms with Crippen LogP contribution in [0.25, 0.3) is 5.69 Å². The summed E-state index contributed by atoms with van der Waals surface area (Å²) < 4.78 is 7.13. The summed E-state index contributed by atoms with van der Waals surface area (Å²) in [5.41, 5.74) is 7.08. The molecule has 0 radical (unpaired) electrons. The quantitative estimate of drug-likeness (QED) is 0.867. The second kappa shape index (κ2) is 5.54. The summed E-state index contributed by atoms with van der Waals surface area (Å²) in [7, 11) is 4.90. The zero-order valence-corrected chi connectivity index (χ0v) is 13.0. The van der Waals surface area contributed by atoms with E-state index in [0.717, 1.165) is 10.2 Å². The summed E-state index contributed by atoms with van der Waals surface area (Å²) in [6.45, 7) is 0. The molecule has 6 nitrogen and oxygen atoms in total. The lowest BCUT2D eigenvalue weighted by atomic mass is 10.3. The number of anilines is 2. The van der Waals surface area contributed by atoms with Crippen molar-refractivity contribution >= 4 is 33.5 Å². The summed E-state index contributed by atoms with van der Waals surface area (Å²) in [5.74, 6) is 0.196. The first-order valence-electron chi connectivity index (χ1n) is 5.86. The average Bonchev–Trinajstić information content (AvgIpc) is 2.76. The third-order valence-corrected chi connectivity index (χ3v) is 3.47. The van der Waals surface area contributed by atoms with E-state index >= 15 is 0 Å². The van der Waals surface area contributed by atoms with Gasteiger partial charge < -0.3 is 15.4 Å². The maximum atomic E-state index is 11.9. The van der Waals surface area contributed by atoms with Crippen LogP contribution in [0.2, 0.25) is 0 Å². The molecule has 0 saturated carbocycles. The van der Waals surface area contributed by atoms with Gasteiger partial charge in [0.05, 0.1) is 12.8 Å². The van der Waals surface area contributed by atoms with Crippen LogP contribution in [-0.2, 0) is 4.74 Å². The standard InChI is InChI=1S/C13H15BrN4O2/c1-17(2)12-10(13(19)20-3)11(15)18(16-12)9-7-5-4-6-8(9)14/h4-7H,15H2,1-3H3. The van der Waals surface area contributed by atoms with Crippen molar-refractivity contribution < 1.29 is 9.53 Å². The van der Waals surface area contributed by atoms with E-state index in [4.69, 9.17) is 10.5 Å². The summed E-state index contributed by atoms with van der Waals surface area (Å²) >= 11 is 3.45. The van der Waals surface area contributed by atoms with Crippen molar-refractivity contribution in [3.8, 4) is 5.69 Å². The molecule has 1 aromatic heterocycles. The van der Waals surface area contributed by atoms with E-state index in [1.165, 1.54) is 11.8 Å². The molecule has 0 unspecified atom stereocenters. The van der Waals surface area contributed by atoms with Crippen LogP contribution in [0.4, 0.5) is 11.6 Å². The third kappa shape index (κ3) is 2.36. The molecular weight excluding hydrogens is 324 g/mol. The van der Waals surface area contributed by atoms with Gasteiger partial charge in [-0.2, -0.15) is 0 Å². The van der Waals surface area contributed by atoms with E-state index < -0.39 is 5.97 Å². The molecule has 0 amide bonds. The molecule has 0 aliphatic carbocycles. The fraction of sp³-hybridized carbons (Fsp3) is 0.231. The fourth-order valence-corrected chi connectivity index (χ4v) is 2.29. The van der Waals surface area contributed by atoms with Gasteiger partial charge in [-0.3, -0.25) is 0 Å². The SMILES string of the molecule is COC(=O)c1c(N(C)C)nn(-c2ccccc2Br)c1N. The minimum atomic E-state index is -0.510. The molecule has 20 heavy (non-hydrogen) atoms. The number of para-hydroxylation sites is 1. The Balaban J connectivity index is 2.68. The Morgan fingerprint density at radius 1 is 1.40 bits per heavy atom. The lowest BCUT2D eigenvalue weighted by molar-refractivity contribution is 0.0602. The Morgan fingerprint density at radius 3 is 2.60 bits per heavy atom. The summed E-state index contributed by atoms with van der Waals surface area (Å²) in [6.07, 6.45) is 0. The van der Waals surface area contributed by atoms with Crippen LogP contribution < -0.4 is 10.6 Å². The molecule has 0 atom stereocenters. The normalized spacial score (nSPS) is 10.4. The number of hydrogen-bond donors (Lipinski definition) is 1. The van der Waals surface area contributed by atoms with Crippen LogP contribution in [0.3, 0.4) is 0 Å². The van der Waals surface area contributed by atoms with Crippen LogP contribution in [-0.4, -0.2) is 37.0 Å². The van der Waals surface area contributed by atoms with Gasteiger partial charge in [0.15, 0.2) is 5.82 Å². The number of halogens is 1. The number of nitrogens with zero attached hydrogens (tertiary/aromatic N) is 3. The monoisotopic (exact) mass is 338 g/mol. The molecule has 2 rings (SSSR count). The molecule has 7 heteroatoms. The maximum Gasteiger partial charge on any atom is 0.345 e. The van der Waals surface area contributed by atoms with E-state index in [1.807, 2.05) is 24.3 Å². The molecule has 0 bridgehead atoms. The van der Waals surface area contributed by atoms with Crippen LogP contribution in [0.15, 0.2) is 28.7 Å². The summed E-state index contributed by atoms with van der Waals surface area (Å²) in [5, 5.41) is 4.40. The van der Waals surface area contributed by atoms with Gasteiger partial charge in [-0.05, 0) is 28.1 Å². The average molecular weight is 339 g/mol. The highest BCUT2D eigenvalue weighted by molar-refractivity contribution is 9.10. The minimum Gasteiger partial charge on any atom is -0.465 e.